The molecule has 194 valence electrons. The molecule has 0 unspecified atom stereocenters. The Morgan fingerprint density at radius 3 is 1.67 bits per heavy atom. The van der Waals surface area contributed by atoms with Crippen LogP contribution in [0, 0.1) is 13.8 Å². The van der Waals surface area contributed by atoms with Gasteiger partial charge in [-0.15, -0.1) is 0 Å². The lowest BCUT2D eigenvalue weighted by Crippen LogP contribution is -1.94. The van der Waals surface area contributed by atoms with Crippen molar-refractivity contribution in [3.8, 4) is 0 Å². The fraction of sp³-hybridized carbons (Fsp3) is 0.135. The van der Waals surface area contributed by atoms with Gasteiger partial charge in [0.05, 0.1) is 0 Å². The van der Waals surface area contributed by atoms with Crippen LogP contribution in [0.1, 0.15) is 40.8 Å². The van der Waals surface area contributed by atoms with Gasteiger partial charge in [-0.05, 0) is 112 Å². The molecule has 0 saturated carbocycles. The van der Waals surface area contributed by atoms with Crippen molar-refractivity contribution in [2.75, 3.05) is 0 Å². The molecule has 2 heteroatoms. The van der Waals surface area contributed by atoms with E-state index >= 15 is 0 Å². The molecule has 6 rings (SSSR count). The minimum absolute atomic E-state index is 0. The van der Waals surface area contributed by atoms with Crippen LogP contribution in [0.3, 0.4) is 0 Å². The molecule has 0 radical (unpaired) electrons. The van der Waals surface area contributed by atoms with Gasteiger partial charge >= 0.3 is 0 Å². The van der Waals surface area contributed by atoms with Gasteiger partial charge in [0, 0.05) is 24.8 Å². The molecule has 0 spiro atoms. The Balaban J connectivity index is 0.000000176. The third-order valence-corrected chi connectivity index (χ3v) is 6.93. The van der Waals surface area contributed by atoms with Crippen LogP contribution in [0.4, 0.5) is 0 Å². The number of nitrogens with zero attached hydrogens (tertiary/aromatic N) is 2. The first-order chi connectivity index (χ1) is 18.7. The molecular formula is C37H36N2. The lowest BCUT2D eigenvalue weighted by molar-refractivity contribution is 0.947. The van der Waals surface area contributed by atoms with Crippen LogP contribution in [0.5, 0.6) is 0 Å². The summed E-state index contributed by atoms with van der Waals surface area (Å²) >= 11 is 0. The minimum atomic E-state index is 0. The normalized spacial score (nSPS) is 10.7. The zero-order valence-electron chi connectivity index (χ0n) is 22.0. The van der Waals surface area contributed by atoms with Gasteiger partial charge in [-0.25, -0.2) is 0 Å². The summed E-state index contributed by atoms with van der Waals surface area (Å²) in [6, 6.07) is 34.3. The van der Waals surface area contributed by atoms with Crippen LogP contribution in [0.15, 0.2) is 122 Å². The first kappa shape index (κ1) is 27.5. The number of fused-ring (bicyclic) bond motifs is 2. The van der Waals surface area contributed by atoms with Crippen LogP contribution in [0.2, 0.25) is 0 Å². The van der Waals surface area contributed by atoms with Crippen LogP contribution < -0.4 is 0 Å². The molecular weight excluding hydrogens is 472 g/mol. The summed E-state index contributed by atoms with van der Waals surface area (Å²) in [6.45, 7) is 4.35. The number of hydrogen-bond acceptors (Lipinski definition) is 2. The van der Waals surface area contributed by atoms with Crippen molar-refractivity contribution >= 4 is 33.7 Å². The number of aryl methyl sites for hydroxylation is 4. The Kier molecular flexibility index (Phi) is 9.37. The largest absolute Gasteiger partial charge is 0.265 e. The SMILES string of the molecule is C.Cc1cc2ccccc2cc1/C=C/c1ccncc1.Cc1cc2ccccc2cc1CCc1ccncc1. The Morgan fingerprint density at radius 2 is 1.05 bits per heavy atom. The van der Waals surface area contributed by atoms with E-state index in [2.05, 4.69) is 121 Å². The van der Waals surface area contributed by atoms with Crippen molar-refractivity contribution in [3.05, 3.63) is 155 Å². The first-order valence-corrected chi connectivity index (χ1v) is 13.1. The van der Waals surface area contributed by atoms with Gasteiger partial charge in [0.1, 0.15) is 0 Å². The molecule has 2 nitrogen and oxygen atoms in total. The quantitative estimate of drug-likeness (QED) is 0.232. The molecule has 2 aromatic heterocycles. The highest BCUT2D eigenvalue weighted by molar-refractivity contribution is 5.87. The average molecular weight is 509 g/mol. The second-order valence-corrected chi connectivity index (χ2v) is 9.65. The third-order valence-electron chi connectivity index (χ3n) is 6.93. The average Bonchev–Trinajstić information content (AvgIpc) is 2.96. The Bertz CT molecular complexity index is 1670. The maximum Gasteiger partial charge on any atom is 0.0273 e. The smallest absolute Gasteiger partial charge is 0.0273 e. The molecule has 0 amide bonds. The highest BCUT2D eigenvalue weighted by Gasteiger charge is 2.02. The highest BCUT2D eigenvalue weighted by Crippen LogP contribution is 2.22. The number of hydrogen-bond donors (Lipinski definition) is 0. The van der Waals surface area contributed by atoms with Crippen LogP contribution >= 0.6 is 0 Å². The second kappa shape index (κ2) is 13.3. The number of pyridine rings is 2. The van der Waals surface area contributed by atoms with Gasteiger partial charge < -0.3 is 0 Å². The Hall–Kier alpha value is -4.56. The van der Waals surface area contributed by atoms with Crippen molar-refractivity contribution in [1.29, 1.82) is 0 Å². The maximum absolute atomic E-state index is 4.06. The van der Waals surface area contributed by atoms with Crippen molar-refractivity contribution in [2.45, 2.75) is 34.1 Å². The summed E-state index contributed by atoms with van der Waals surface area (Å²) in [5.41, 5.74) is 7.90. The number of benzene rings is 4. The van der Waals surface area contributed by atoms with E-state index in [0.29, 0.717) is 0 Å². The monoisotopic (exact) mass is 508 g/mol. The maximum atomic E-state index is 4.06. The molecule has 0 atom stereocenters. The molecule has 0 fully saturated rings. The minimum Gasteiger partial charge on any atom is -0.265 e. The van der Waals surface area contributed by atoms with Gasteiger partial charge in [0.25, 0.3) is 0 Å². The lowest BCUT2D eigenvalue weighted by atomic mass is 9.97. The van der Waals surface area contributed by atoms with E-state index in [1.165, 1.54) is 54.9 Å². The van der Waals surface area contributed by atoms with E-state index in [1.807, 2.05) is 36.9 Å². The zero-order valence-corrected chi connectivity index (χ0v) is 22.0. The standard InChI is InChI=1S/C18H17N.C18H15N.CH4/c2*1-14-12-17-4-2-3-5-18(17)13-16(14)7-6-15-8-10-19-11-9-15;/h2-5,8-13H,6-7H2,1H3;2-13H,1H3;1H4/b;7-6+;. The van der Waals surface area contributed by atoms with E-state index in [0.717, 1.165) is 12.8 Å². The van der Waals surface area contributed by atoms with E-state index in [1.54, 1.807) is 0 Å². The zero-order chi connectivity index (χ0) is 26.2. The van der Waals surface area contributed by atoms with Crippen LogP contribution in [-0.2, 0) is 12.8 Å². The van der Waals surface area contributed by atoms with Crippen molar-refractivity contribution in [2.24, 2.45) is 0 Å². The predicted molar refractivity (Wildman–Crippen MR) is 169 cm³/mol. The summed E-state index contributed by atoms with van der Waals surface area (Å²) < 4.78 is 0. The van der Waals surface area contributed by atoms with E-state index in [-0.39, 0.29) is 7.43 Å². The summed E-state index contributed by atoms with van der Waals surface area (Å²) in [5.74, 6) is 0. The van der Waals surface area contributed by atoms with Gasteiger partial charge in [-0.3, -0.25) is 9.97 Å². The lowest BCUT2D eigenvalue weighted by Gasteiger charge is -2.08. The Morgan fingerprint density at radius 1 is 0.538 bits per heavy atom. The topological polar surface area (TPSA) is 25.8 Å². The summed E-state index contributed by atoms with van der Waals surface area (Å²) in [6.07, 6.45) is 13.8. The Labute approximate surface area is 232 Å². The summed E-state index contributed by atoms with van der Waals surface area (Å²) in [7, 11) is 0. The van der Waals surface area contributed by atoms with Gasteiger partial charge in [-0.1, -0.05) is 86.3 Å². The molecule has 0 N–H and O–H groups in total. The predicted octanol–water partition coefficient (Wildman–Crippen LogP) is 9.68. The van der Waals surface area contributed by atoms with Gasteiger partial charge in [-0.2, -0.15) is 0 Å². The molecule has 0 bridgehead atoms. The molecule has 39 heavy (non-hydrogen) atoms. The van der Waals surface area contributed by atoms with E-state index in [4.69, 9.17) is 0 Å². The number of aromatic nitrogens is 2. The third kappa shape index (κ3) is 7.27. The first-order valence-electron chi connectivity index (χ1n) is 13.1. The molecule has 4 aromatic carbocycles. The summed E-state index contributed by atoms with van der Waals surface area (Å²) in [4.78, 5) is 8.08. The van der Waals surface area contributed by atoms with Gasteiger partial charge in [0.15, 0.2) is 0 Å². The van der Waals surface area contributed by atoms with Crippen molar-refractivity contribution in [3.63, 3.8) is 0 Å². The van der Waals surface area contributed by atoms with Crippen molar-refractivity contribution < 1.29 is 0 Å². The molecule has 0 aliphatic heterocycles. The summed E-state index contributed by atoms with van der Waals surface area (Å²) in [5, 5.41) is 5.23. The van der Waals surface area contributed by atoms with Gasteiger partial charge in [0.2, 0.25) is 0 Å². The number of rotatable bonds is 5. The van der Waals surface area contributed by atoms with Crippen molar-refractivity contribution in [1.82, 2.24) is 9.97 Å². The fourth-order valence-corrected chi connectivity index (χ4v) is 4.71. The molecule has 6 aromatic rings. The molecule has 0 aliphatic carbocycles. The van der Waals surface area contributed by atoms with E-state index < -0.39 is 0 Å². The molecule has 0 aliphatic rings. The highest BCUT2D eigenvalue weighted by atomic mass is 14.6. The van der Waals surface area contributed by atoms with Crippen LogP contribution in [-0.4, -0.2) is 9.97 Å². The van der Waals surface area contributed by atoms with Crippen LogP contribution in [0.25, 0.3) is 33.7 Å². The molecule has 2 heterocycles. The van der Waals surface area contributed by atoms with E-state index in [9.17, 15) is 0 Å². The fourth-order valence-electron chi connectivity index (χ4n) is 4.71. The second-order valence-electron chi connectivity index (χ2n) is 9.65. The molecule has 0 saturated heterocycles.